The monoisotopic (exact) mass is 480 g/mol. The van der Waals surface area contributed by atoms with E-state index >= 15 is 0 Å². The van der Waals surface area contributed by atoms with Crippen LogP contribution in [-0.4, -0.2) is 33.1 Å². The van der Waals surface area contributed by atoms with Crippen molar-refractivity contribution in [2.75, 3.05) is 12.4 Å². The molecule has 0 amide bonds. The van der Waals surface area contributed by atoms with Gasteiger partial charge in [-0.3, -0.25) is 9.36 Å². The van der Waals surface area contributed by atoms with Gasteiger partial charge in [0.15, 0.2) is 16.7 Å². The number of hydrogen-bond acceptors (Lipinski definition) is 7. The highest BCUT2D eigenvalue weighted by Crippen LogP contribution is 2.34. The molecule has 1 unspecified atom stereocenters. The third-order valence-corrected chi connectivity index (χ3v) is 7.85. The molecule has 3 heterocycles. The summed E-state index contributed by atoms with van der Waals surface area (Å²) in [6.45, 7) is 6.42. The lowest BCUT2D eigenvalue weighted by Crippen LogP contribution is -2.31. The van der Waals surface area contributed by atoms with E-state index < -0.39 is 0 Å². The number of para-hydroxylation sites is 2. The number of aromatic nitrogens is 2. The summed E-state index contributed by atoms with van der Waals surface area (Å²) in [6.07, 6.45) is 0.611. The summed E-state index contributed by atoms with van der Waals surface area (Å²) in [5.74, 6) is 2.22. The van der Waals surface area contributed by atoms with Gasteiger partial charge in [-0.1, -0.05) is 30.8 Å². The normalized spacial score (nSPS) is 15.2. The van der Waals surface area contributed by atoms with Crippen LogP contribution in [-0.2, 0) is 6.42 Å². The Bertz CT molecular complexity index is 1410. The van der Waals surface area contributed by atoms with Gasteiger partial charge in [-0.15, -0.1) is 11.3 Å². The van der Waals surface area contributed by atoms with Crippen LogP contribution in [0.3, 0.4) is 0 Å². The molecule has 0 bridgehead atoms. The van der Waals surface area contributed by atoms with Gasteiger partial charge < -0.3 is 14.6 Å². The number of nitrogens with zero attached hydrogens (tertiary/aromatic N) is 2. The van der Waals surface area contributed by atoms with Crippen molar-refractivity contribution in [3.05, 3.63) is 68.8 Å². The molecule has 170 valence electrons. The molecular formula is C25H24N2O4S2. The fourth-order valence-corrected chi connectivity index (χ4v) is 6.26. The Hall–Kier alpha value is -2.97. The Morgan fingerprint density at radius 3 is 2.76 bits per heavy atom. The van der Waals surface area contributed by atoms with E-state index in [4.69, 9.17) is 14.5 Å². The highest BCUT2D eigenvalue weighted by Gasteiger charge is 2.24. The van der Waals surface area contributed by atoms with E-state index in [-0.39, 0.29) is 17.4 Å². The number of thioether (sulfide) groups is 1. The van der Waals surface area contributed by atoms with Crippen molar-refractivity contribution < 1.29 is 14.6 Å². The summed E-state index contributed by atoms with van der Waals surface area (Å²) in [5, 5.41) is 11.2. The van der Waals surface area contributed by atoms with Crippen molar-refractivity contribution in [1.82, 2.24) is 9.55 Å². The summed E-state index contributed by atoms with van der Waals surface area (Å²) in [4.78, 5) is 20.6. The van der Waals surface area contributed by atoms with Gasteiger partial charge in [0.1, 0.15) is 23.3 Å². The van der Waals surface area contributed by atoms with E-state index in [0.29, 0.717) is 28.6 Å². The van der Waals surface area contributed by atoms with Crippen LogP contribution in [0.15, 0.2) is 52.4 Å². The molecule has 4 aromatic rings. The van der Waals surface area contributed by atoms with Gasteiger partial charge in [0.05, 0.1) is 11.1 Å². The van der Waals surface area contributed by atoms with Gasteiger partial charge in [-0.25, -0.2) is 4.98 Å². The van der Waals surface area contributed by atoms with Crippen molar-refractivity contribution in [3.8, 4) is 22.9 Å². The van der Waals surface area contributed by atoms with Gasteiger partial charge in [-0.05, 0) is 61.7 Å². The van der Waals surface area contributed by atoms with Gasteiger partial charge in [-0.2, -0.15) is 0 Å². The second-order valence-corrected chi connectivity index (χ2v) is 10.2. The first-order valence-corrected chi connectivity index (χ1v) is 12.6. The van der Waals surface area contributed by atoms with E-state index in [1.165, 1.54) is 11.8 Å². The number of benzene rings is 2. The number of aryl methyl sites for hydroxylation is 3. The molecule has 0 spiro atoms. The van der Waals surface area contributed by atoms with Gasteiger partial charge in [0.25, 0.3) is 5.56 Å². The van der Waals surface area contributed by atoms with E-state index in [0.717, 1.165) is 38.8 Å². The summed E-state index contributed by atoms with van der Waals surface area (Å²) >= 11 is 3.04. The van der Waals surface area contributed by atoms with Crippen molar-refractivity contribution in [3.63, 3.8) is 0 Å². The van der Waals surface area contributed by atoms with Gasteiger partial charge in [0.2, 0.25) is 0 Å². The molecule has 1 aliphatic rings. The summed E-state index contributed by atoms with van der Waals surface area (Å²) in [5.41, 5.74) is 2.49. The predicted molar refractivity (Wildman–Crippen MR) is 133 cm³/mol. The molecule has 1 N–H and O–H groups in total. The van der Waals surface area contributed by atoms with E-state index in [1.807, 2.05) is 38.1 Å². The van der Waals surface area contributed by atoms with Crippen LogP contribution in [0.4, 0.5) is 0 Å². The minimum atomic E-state index is -0.164. The number of phenols is 1. The molecule has 0 aliphatic carbocycles. The number of thiophene rings is 1. The lowest BCUT2D eigenvalue weighted by atomic mass is 10.1. The van der Waals surface area contributed by atoms with Crippen molar-refractivity contribution in [1.29, 1.82) is 0 Å². The van der Waals surface area contributed by atoms with Crippen LogP contribution in [0.1, 0.15) is 22.9 Å². The van der Waals surface area contributed by atoms with Crippen LogP contribution < -0.4 is 15.0 Å². The van der Waals surface area contributed by atoms with Gasteiger partial charge >= 0.3 is 0 Å². The second kappa shape index (κ2) is 8.76. The average molecular weight is 481 g/mol. The fraction of sp³-hybridized carbons (Fsp3) is 0.280. The van der Waals surface area contributed by atoms with E-state index in [9.17, 15) is 9.90 Å². The molecule has 1 atom stereocenters. The number of rotatable bonds is 5. The molecule has 1 aliphatic heterocycles. The number of hydrogen-bond donors (Lipinski definition) is 1. The SMILES string of the molecule is CCc1c(C)sc2nc(SCC3COc4ccccc4O3)n(-c3ccc(O)cc3C)c(=O)c12. The first kappa shape index (κ1) is 21.9. The van der Waals surface area contributed by atoms with Crippen LogP contribution >= 0.6 is 23.1 Å². The number of fused-ring (bicyclic) bond motifs is 2. The minimum Gasteiger partial charge on any atom is -0.508 e. The highest BCUT2D eigenvalue weighted by molar-refractivity contribution is 7.99. The van der Waals surface area contributed by atoms with Crippen molar-refractivity contribution in [2.45, 2.75) is 38.5 Å². The second-order valence-electron chi connectivity index (χ2n) is 7.98. The Kier molecular flexibility index (Phi) is 5.80. The average Bonchev–Trinajstić information content (AvgIpc) is 3.13. The van der Waals surface area contributed by atoms with Crippen LogP contribution in [0, 0.1) is 13.8 Å². The Balaban J connectivity index is 1.57. The molecule has 2 aromatic heterocycles. The summed E-state index contributed by atoms with van der Waals surface area (Å²) in [7, 11) is 0. The Labute approximate surface area is 199 Å². The number of ether oxygens (including phenoxy) is 2. The van der Waals surface area contributed by atoms with E-state index in [1.54, 1.807) is 34.1 Å². The first-order chi connectivity index (χ1) is 16.0. The zero-order valence-corrected chi connectivity index (χ0v) is 20.3. The van der Waals surface area contributed by atoms with Crippen molar-refractivity contribution in [2.24, 2.45) is 0 Å². The lowest BCUT2D eigenvalue weighted by molar-refractivity contribution is 0.107. The quantitative estimate of drug-likeness (QED) is 0.310. The molecule has 5 rings (SSSR count). The predicted octanol–water partition coefficient (Wildman–Crippen LogP) is 5.26. The maximum atomic E-state index is 13.8. The Morgan fingerprint density at radius 1 is 1.21 bits per heavy atom. The largest absolute Gasteiger partial charge is 0.508 e. The molecule has 8 heteroatoms. The highest BCUT2D eigenvalue weighted by atomic mass is 32.2. The smallest absolute Gasteiger partial charge is 0.267 e. The lowest BCUT2D eigenvalue weighted by Gasteiger charge is -2.26. The molecule has 33 heavy (non-hydrogen) atoms. The zero-order valence-electron chi connectivity index (χ0n) is 18.6. The molecule has 2 aromatic carbocycles. The maximum Gasteiger partial charge on any atom is 0.267 e. The van der Waals surface area contributed by atoms with Crippen molar-refractivity contribution >= 4 is 33.3 Å². The minimum absolute atomic E-state index is 0.0800. The third-order valence-electron chi connectivity index (χ3n) is 5.74. The Morgan fingerprint density at radius 2 is 2.00 bits per heavy atom. The number of aromatic hydroxyl groups is 1. The first-order valence-electron chi connectivity index (χ1n) is 10.8. The molecular weight excluding hydrogens is 456 g/mol. The standard InChI is InChI=1S/C25H24N2O4S2/c1-4-18-15(3)33-23-22(18)24(29)27(19-10-9-16(28)11-14(19)2)25(26-23)32-13-17-12-30-20-7-5-6-8-21(20)31-17/h5-11,17,28H,4,12-13H2,1-3H3. The maximum absolute atomic E-state index is 13.8. The zero-order chi connectivity index (χ0) is 23.1. The molecule has 0 fully saturated rings. The molecule has 0 saturated heterocycles. The molecule has 0 saturated carbocycles. The van der Waals surface area contributed by atoms with Gasteiger partial charge in [0, 0.05) is 10.6 Å². The molecule has 6 nitrogen and oxygen atoms in total. The van der Waals surface area contributed by atoms with Crippen LogP contribution in [0.25, 0.3) is 15.9 Å². The topological polar surface area (TPSA) is 73.6 Å². The summed E-state index contributed by atoms with van der Waals surface area (Å²) < 4.78 is 13.6. The van der Waals surface area contributed by atoms with Crippen LogP contribution in [0.5, 0.6) is 17.2 Å². The fourth-order valence-electron chi connectivity index (χ4n) is 4.14. The number of phenolic OH excluding ortho intramolecular Hbond substituents is 1. The van der Waals surface area contributed by atoms with E-state index in [2.05, 4.69) is 6.92 Å². The van der Waals surface area contributed by atoms with Crippen LogP contribution in [0.2, 0.25) is 0 Å². The third kappa shape index (κ3) is 3.98. The molecule has 0 radical (unpaired) electrons. The summed E-state index contributed by atoms with van der Waals surface area (Å²) in [6, 6.07) is 12.7.